The van der Waals surface area contributed by atoms with Gasteiger partial charge in [-0.25, -0.2) is 4.79 Å². The molecule has 4 heteroatoms. The quantitative estimate of drug-likeness (QED) is 0.593. The van der Waals surface area contributed by atoms with Gasteiger partial charge in [-0.05, 0) is 12.8 Å². The zero-order valence-electron chi connectivity index (χ0n) is 9.82. The molecule has 0 atom stereocenters. The van der Waals surface area contributed by atoms with Gasteiger partial charge in [0.15, 0.2) is 6.79 Å². The molecule has 0 saturated heterocycles. The van der Waals surface area contributed by atoms with Crippen LogP contribution in [0, 0.1) is 0 Å². The predicted octanol–water partition coefficient (Wildman–Crippen LogP) is 2.00. The molecular formula is C12H22O4. The molecule has 0 unspecified atom stereocenters. The maximum absolute atomic E-state index is 10.7. The van der Waals surface area contributed by atoms with Crippen LogP contribution in [-0.2, 0) is 14.3 Å². The smallest absolute Gasteiger partial charge is 0.333 e. The van der Waals surface area contributed by atoms with Crippen molar-refractivity contribution in [2.45, 2.75) is 57.5 Å². The first kappa shape index (κ1) is 13.5. The van der Waals surface area contributed by atoms with Gasteiger partial charge in [0.25, 0.3) is 0 Å². The molecular weight excluding hydrogens is 208 g/mol. The molecule has 0 radical (unpaired) electrons. The standard InChI is InChI=1S/C12H22O4/c13-9-12(14)16-10-15-11-7-5-3-1-2-4-6-8-11/h11,13H,1-10H2. The van der Waals surface area contributed by atoms with Gasteiger partial charge in [-0.15, -0.1) is 0 Å². The highest BCUT2D eigenvalue weighted by Crippen LogP contribution is 2.19. The van der Waals surface area contributed by atoms with Crippen LogP contribution in [0.2, 0.25) is 0 Å². The van der Waals surface area contributed by atoms with Gasteiger partial charge < -0.3 is 14.6 Å². The summed E-state index contributed by atoms with van der Waals surface area (Å²) in [6, 6.07) is 0. The van der Waals surface area contributed by atoms with Crippen molar-refractivity contribution in [3.05, 3.63) is 0 Å². The normalized spacial score (nSPS) is 19.6. The molecule has 1 fully saturated rings. The van der Waals surface area contributed by atoms with Crippen molar-refractivity contribution in [1.29, 1.82) is 0 Å². The summed E-state index contributed by atoms with van der Waals surface area (Å²) < 4.78 is 10.2. The van der Waals surface area contributed by atoms with Crippen LogP contribution in [0.1, 0.15) is 51.4 Å². The third-order valence-electron chi connectivity index (χ3n) is 2.95. The number of carbonyl (C=O) groups is 1. The molecule has 1 aliphatic rings. The van der Waals surface area contributed by atoms with Crippen LogP contribution in [0.3, 0.4) is 0 Å². The Balaban J connectivity index is 2.14. The lowest BCUT2D eigenvalue weighted by atomic mass is 10.1. The van der Waals surface area contributed by atoms with Crippen LogP contribution >= 0.6 is 0 Å². The largest absolute Gasteiger partial charge is 0.437 e. The summed E-state index contributed by atoms with van der Waals surface area (Å²) in [5.74, 6) is -0.622. The molecule has 1 aliphatic carbocycles. The minimum atomic E-state index is -0.622. The number of ether oxygens (including phenoxy) is 2. The van der Waals surface area contributed by atoms with Gasteiger partial charge in [0, 0.05) is 0 Å². The Morgan fingerprint density at radius 1 is 1.06 bits per heavy atom. The van der Waals surface area contributed by atoms with E-state index in [1.54, 1.807) is 0 Å². The molecule has 1 saturated carbocycles. The Bertz CT molecular complexity index is 183. The second kappa shape index (κ2) is 8.53. The van der Waals surface area contributed by atoms with E-state index in [4.69, 9.17) is 9.84 Å². The zero-order chi connectivity index (χ0) is 11.6. The molecule has 0 spiro atoms. The van der Waals surface area contributed by atoms with Gasteiger partial charge in [0.1, 0.15) is 6.61 Å². The highest BCUT2D eigenvalue weighted by atomic mass is 16.7. The summed E-state index contributed by atoms with van der Waals surface area (Å²) in [6.45, 7) is -0.599. The van der Waals surface area contributed by atoms with E-state index in [0.29, 0.717) is 0 Å². The molecule has 0 aromatic heterocycles. The molecule has 94 valence electrons. The number of hydrogen-bond donors (Lipinski definition) is 1. The van der Waals surface area contributed by atoms with E-state index in [0.717, 1.165) is 12.8 Å². The predicted molar refractivity (Wildman–Crippen MR) is 59.9 cm³/mol. The van der Waals surface area contributed by atoms with Crippen molar-refractivity contribution in [2.75, 3.05) is 13.4 Å². The van der Waals surface area contributed by atoms with E-state index in [1.807, 2.05) is 0 Å². The third-order valence-corrected chi connectivity index (χ3v) is 2.95. The lowest BCUT2D eigenvalue weighted by molar-refractivity contribution is -0.164. The highest BCUT2D eigenvalue weighted by molar-refractivity contribution is 5.70. The van der Waals surface area contributed by atoms with Gasteiger partial charge in [0.05, 0.1) is 6.10 Å². The summed E-state index contributed by atoms with van der Waals surface area (Å²) in [4.78, 5) is 10.7. The zero-order valence-corrected chi connectivity index (χ0v) is 9.82. The topological polar surface area (TPSA) is 55.8 Å². The van der Waals surface area contributed by atoms with Gasteiger partial charge in [-0.1, -0.05) is 38.5 Å². The van der Waals surface area contributed by atoms with Gasteiger partial charge in [-0.3, -0.25) is 0 Å². The van der Waals surface area contributed by atoms with E-state index in [2.05, 4.69) is 4.74 Å². The van der Waals surface area contributed by atoms with Crippen molar-refractivity contribution in [3.8, 4) is 0 Å². The molecule has 0 aromatic rings. The molecule has 0 aliphatic heterocycles. The molecule has 1 rings (SSSR count). The molecule has 1 N–H and O–H groups in total. The van der Waals surface area contributed by atoms with Crippen LogP contribution in [0.25, 0.3) is 0 Å². The molecule has 16 heavy (non-hydrogen) atoms. The number of aliphatic hydroxyl groups excluding tert-OH is 1. The Morgan fingerprint density at radius 3 is 2.19 bits per heavy atom. The summed E-state index contributed by atoms with van der Waals surface area (Å²) in [5, 5.41) is 8.46. The number of esters is 1. The lowest BCUT2D eigenvalue weighted by Crippen LogP contribution is -2.18. The lowest BCUT2D eigenvalue weighted by Gasteiger charge is -2.16. The van der Waals surface area contributed by atoms with Crippen LogP contribution in [0.5, 0.6) is 0 Å². The van der Waals surface area contributed by atoms with E-state index in [9.17, 15) is 4.79 Å². The second-order valence-electron chi connectivity index (χ2n) is 4.28. The van der Waals surface area contributed by atoms with E-state index < -0.39 is 12.6 Å². The first-order chi connectivity index (χ1) is 7.83. The number of hydrogen-bond acceptors (Lipinski definition) is 4. The monoisotopic (exact) mass is 230 g/mol. The van der Waals surface area contributed by atoms with Gasteiger partial charge in [-0.2, -0.15) is 0 Å². The average Bonchev–Trinajstić information content (AvgIpc) is 2.42. The number of aliphatic hydroxyl groups is 1. The van der Waals surface area contributed by atoms with Crippen molar-refractivity contribution in [2.24, 2.45) is 0 Å². The van der Waals surface area contributed by atoms with Crippen LogP contribution in [0.15, 0.2) is 0 Å². The molecule has 0 aromatic carbocycles. The first-order valence-electron chi connectivity index (χ1n) is 6.21. The second-order valence-corrected chi connectivity index (χ2v) is 4.28. The third kappa shape index (κ3) is 6.08. The Labute approximate surface area is 96.9 Å². The average molecular weight is 230 g/mol. The molecule has 0 amide bonds. The van der Waals surface area contributed by atoms with Crippen LogP contribution < -0.4 is 0 Å². The van der Waals surface area contributed by atoms with Crippen LogP contribution in [-0.4, -0.2) is 30.6 Å². The van der Waals surface area contributed by atoms with Crippen molar-refractivity contribution in [3.63, 3.8) is 0 Å². The van der Waals surface area contributed by atoms with E-state index in [-0.39, 0.29) is 12.9 Å². The van der Waals surface area contributed by atoms with E-state index >= 15 is 0 Å². The van der Waals surface area contributed by atoms with Crippen molar-refractivity contribution >= 4 is 5.97 Å². The van der Waals surface area contributed by atoms with Crippen molar-refractivity contribution in [1.82, 2.24) is 0 Å². The minimum Gasteiger partial charge on any atom is -0.437 e. The van der Waals surface area contributed by atoms with Gasteiger partial charge >= 0.3 is 5.97 Å². The molecule has 4 nitrogen and oxygen atoms in total. The minimum absolute atomic E-state index is 0.0237. The summed E-state index contributed by atoms with van der Waals surface area (Å²) in [7, 11) is 0. The summed E-state index contributed by atoms with van der Waals surface area (Å²) in [5.41, 5.74) is 0. The summed E-state index contributed by atoms with van der Waals surface area (Å²) in [6.07, 6.45) is 9.90. The maximum Gasteiger partial charge on any atom is 0.333 e. The fraction of sp³-hybridized carbons (Fsp3) is 0.917. The van der Waals surface area contributed by atoms with Crippen molar-refractivity contribution < 1.29 is 19.4 Å². The van der Waals surface area contributed by atoms with Crippen LogP contribution in [0.4, 0.5) is 0 Å². The van der Waals surface area contributed by atoms with Gasteiger partial charge in [0.2, 0.25) is 0 Å². The summed E-state index contributed by atoms with van der Waals surface area (Å²) >= 11 is 0. The number of carbonyl (C=O) groups excluding carboxylic acids is 1. The fourth-order valence-electron chi connectivity index (χ4n) is 2.00. The highest BCUT2D eigenvalue weighted by Gasteiger charge is 2.11. The molecule has 0 heterocycles. The molecule has 0 bridgehead atoms. The first-order valence-corrected chi connectivity index (χ1v) is 6.21. The Morgan fingerprint density at radius 2 is 1.62 bits per heavy atom. The maximum atomic E-state index is 10.7. The SMILES string of the molecule is O=C(CO)OCOC1CCCCCCCC1. The Kier molecular flexibility index (Phi) is 7.17. The van der Waals surface area contributed by atoms with E-state index in [1.165, 1.54) is 38.5 Å². The number of rotatable bonds is 4. The fourth-order valence-corrected chi connectivity index (χ4v) is 2.00. The Hall–Kier alpha value is -0.610.